The van der Waals surface area contributed by atoms with Crippen molar-refractivity contribution in [1.82, 2.24) is 5.32 Å². The number of thiophene rings is 1. The highest BCUT2D eigenvalue weighted by molar-refractivity contribution is 7.13. The molecule has 0 spiro atoms. The fourth-order valence-electron chi connectivity index (χ4n) is 2.05. The van der Waals surface area contributed by atoms with Gasteiger partial charge in [-0.25, -0.2) is 0 Å². The van der Waals surface area contributed by atoms with Crippen LogP contribution >= 0.6 is 11.3 Å². The van der Waals surface area contributed by atoms with Crippen molar-refractivity contribution in [1.29, 1.82) is 0 Å². The van der Waals surface area contributed by atoms with Gasteiger partial charge in [0.15, 0.2) is 0 Å². The molecule has 2 rings (SSSR count). The SMILES string of the molecule is CNCc1ccc(/C=C/c2sc(C)c(C)c2C)cc1. The Bertz CT molecular complexity index is 576. The third-order valence-corrected chi connectivity index (χ3v) is 4.79. The monoisotopic (exact) mass is 271 g/mol. The van der Waals surface area contributed by atoms with Crippen LogP contribution in [0.15, 0.2) is 24.3 Å². The summed E-state index contributed by atoms with van der Waals surface area (Å²) in [6, 6.07) is 8.69. The maximum atomic E-state index is 3.16. The van der Waals surface area contributed by atoms with E-state index in [1.165, 1.54) is 32.0 Å². The molecule has 0 radical (unpaired) electrons. The van der Waals surface area contributed by atoms with Crippen LogP contribution < -0.4 is 5.32 Å². The summed E-state index contributed by atoms with van der Waals surface area (Å²) in [7, 11) is 1.97. The van der Waals surface area contributed by atoms with E-state index < -0.39 is 0 Å². The molecular formula is C17H21NS. The highest BCUT2D eigenvalue weighted by Gasteiger charge is 2.05. The third-order valence-electron chi connectivity index (χ3n) is 3.51. The average molecular weight is 271 g/mol. The zero-order valence-corrected chi connectivity index (χ0v) is 12.9. The van der Waals surface area contributed by atoms with Gasteiger partial charge in [0.05, 0.1) is 0 Å². The van der Waals surface area contributed by atoms with Crippen LogP contribution in [0.4, 0.5) is 0 Å². The molecule has 0 bridgehead atoms. The van der Waals surface area contributed by atoms with E-state index in [1.54, 1.807) is 0 Å². The van der Waals surface area contributed by atoms with Gasteiger partial charge in [0.2, 0.25) is 0 Å². The molecule has 0 saturated carbocycles. The molecule has 0 atom stereocenters. The van der Waals surface area contributed by atoms with Crippen LogP contribution in [0.3, 0.4) is 0 Å². The van der Waals surface area contributed by atoms with Crippen LogP contribution in [0.1, 0.15) is 32.0 Å². The lowest BCUT2D eigenvalue weighted by atomic mass is 10.1. The minimum atomic E-state index is 0.923. The van der Waals surface area contributed by atoms with Crippen molar-refractivity contribution in [3.05, 3.63) is 56.3 Å². The molecule has 0 fully saturated rings. The van der Waals surface area contributed by atoms with Gasteiger partial charge in [0, 0.05) is 16.3 Å². The molecule has 0 amide bonds. The lowest BCUT2D eigenvalue weighted by molar-refractivity contribution is 0.818. The Morgan fingerprint density at radius 2 is 1.68 bits per heavy atom. The summed E-state index contributed by atoms with van der Waals surface area (Å²) >= 11 is 1.87. The summed E-state index contributed by atoms with van der Waals surface area (Å²) in [6.45, 7) is 7.52. The fourth-order valence-corrected chi connectivity index (χ4v) is 3.13. The summed E-state index contributed by atoms with van der Waals surface area (Å²) < 4.78 is 0. The van der Waals surface area contributed by atoms with E-state index in [0.29, 0.717) is 0 Å². The molecule has 19 heavy (non-hydrogen) atoms. The van der Waals surface area contributed by atoms with E-state index in [2.05, 4.69) is 62.5 Å². The van der Waals surface area contributed by atoms with E-state index in [0.717, 1.165) is 6.54 Å². The van der Waals surface area contributed by atoms with Gasteiger partial charge in [-0.1, -0.05) is 30.3 Å². The van der Waals surface area contributed by atoms with Crippen molar-refractivity contribution < 1.29 is 0 Å². The zero-order valence-electron chi connectivity index (χ0n) is 12.1. The van der Waals surface area contributed by atoms with E-state index >= 15 is 0 Å². The summed E-state index contributed by atoms with van der Waals surface area (Å²) in [5.74, 6) is 0. The summed E-state index contributed by atoms with van der Waals surface area (Å²) in [5, 5.41) is 3.16. The van der Waals surface area contributed by atoms with Crippen molar-refractivity contribution in [3.63, 3.8) is 0 Å². The summed E-state index contributed by atoms with van der Waals surface area (Å²) in [4.78, 5) is 2.79. The first-order chi connectivity index (χ1) is 9.11. The Balaban J connectivity index is 2.15. The molecular weight excluding hydrogens is 250 g/mol. The quantitative estimate of drug-likeness (QED) is 0.859. The largest absolute Gasteiger partial charge is 0.316 e. The molecule has 100 valence electrons. The van der Waals surface area contributed by atoms with E-state index in [4.69, 9.17) is 0 Å². The minimum Gasteiger partial charge on any atom is -0.316 e. The highest BCUT2D eigenvalue weighted by Crippen LogP contribution is 2.28. The molecule has 0 aliphatic carbocycles. The number of aryl methyl sites for hydroxylation is 1. The average Bonchev–Trinajstić information content (AvgIpc) is 2.66. The second-order valence-corrected chi connectivity index (χ2v) is 6.13. The minimum absolute atomic E-state index is 0.923. The lowest BCUT2D eigenvalue weighted by Crippen LogP contribution is -2.04. The van der Waals surface area contributed by atoms with Crippen LogP contribution in [-0.2, 0) is 6.54 Å². The van der Waals surface area contributed by atoms with Crippen LogP contribution in [0, 0.1) is 20.8 Å². The van der Waals surface area contributed by atoms with Crippen LogP contribution in [-0.4, -0.2) is 7.05 Å². The van der Waals surface area contributed by atoms with Gasteiger partial charge in [-0.2, -0.15) is 0 Å². The number of rotatable bonds is 4. The van der Waals surface area contributed by atoms with Gasteiger partial charge in [0.25, 0.3) is 0 Å². The second-order valence-electron chi connectivity index (χ2n) is 4.88. The Labute approximate surface area is 120 Å². The van der Waals surface area contributed by atoms with Crippen molar-refractivity contribution in [3.8, 4) is 0 Å². The second kappa shape index (κ2) is 6.18. The Kier molecular flexibility index (Phi) is 4.56. The summed E-state index contributed by atoms with van der Waals surface area (Å²) in [6.07, 6.45) is 4.42. The Hall–Kier alpha value is -1.38. The predicted molar refractivity (Wildman–Crippen MR) is 86.7 cm³/mol. The van der Waals surface area contributed by atoms with Gasteiger partial charge in [-0.05, 0) is 56.1 Å². The molecule has 1 nitrogen and oxygen atoms in total. The van der Waals surface area contributed by atoms with Crippen molar-refractivity contribution >= 4 is 23.5 Å². The zero-order chi connectivity index (χ0) is 13.8. The molecule has 1 heterocycles. The van der Waals surface area contributed by atoms with Crippen LogP contribution in [0.5, 0.6) is 0 Å². The van der Waals surface area contributed by atoms with Gasteiger partial charge in [-0.15, -0.1) is 11.3 Å². The first-order valence-electron chi connectivity index (χ1n) is 6.60. The smallest absolute Gasteiger partial charge is 0.0305 e. The molecule has 0 saturated heterocycles. The van der Waals surface area contributed by atoms with Gasteiger partial charge >= 0.3 is 0 Å². The summed E-state index contributed by atoms with van der Waals surface area (Å²) in [5.41, 5.74) is 5.40. The number of hydrogen-bond acceptors (Lipinski definition) is 2. The first kappa shape index (κ1) is 14.0. The Morgan fingerprint density at radius 3 is 2.21 bits per heavy atom. The van der Waals surface area contributed by atoms with E-state index in [-0.39, 0.29) is 0 Å². The van der Waals surface area contributed by atoms with Crippen molar-refractivity contribution in [2.75, 3.05) is 7.05 Å². The normalized spacial score (nSPS) is 11.4. The van der Waals surface area contributed by atoms with E-state index in [1.807, 2.05) is 18.4 Å². The van der Waals surface area contributed by atoms with Crippen LogP contribution in [0.2, 0.25) is 0 Å². The van der Waals surface area contributed by atoms with Gasteiger partial charge in [0.1, 0.15) is 0 Å². The standard InChI is InChI=1S/C17H21NS/c1-12-13(2)17(19-14(12)3)10-9-15-5-7-16(8-6-15)11-18-4/h5-10,18H,11H2,1-4H3/b10-9+. The van der Waals surface area contributed by atoms with Gasteiger partial charge < -0.3 is 5.32 Å². The lowest BCUT2D eigenvalue weighted by Gasteiger charge is -2.00. The first-order valence-corrected chi connectivity index (χ1v) is 7.41. The van der Waals surface area contributed by atoms with Crippen LogP contribution in [0.25, 0.3) is 12.2 Å². The maximum Gasteiger partial charge on any atom is 0.0305 e. The van der Waals surface area contributed by atoms with Crippen molar-refractivity contribution in [2.24, 2.45) is 0 Å². The predicted octanol–water partition coefficient (Wildman–Crippen LogP) is 4.56. The molecule has 1 aromatic heterocycles. The number of hydrogen-bond donors (Lipinski definition) is 1. The van der Waals surface area contributed by atoms with E-state index in [9.17, 15) is 0 Å². The maximum absolute atomic E-state index is 3.16. The van der Waals surface area contributed by atoms with Gasteiger partial charge in [-0.3, -0.25) is 0 Å². The Morgan fingerprint density at radius 1 is 1.00 bits per heavy atom. The number of nitrogens with one attached hydrogen (secondary N) is 1. The molecule has 0 unspecified atom stereocenters. The molecule has 1 N–H and O–H groups in total. The third kappa shape index (κ3) is 3.34. The van der Waals surface area contributed by atoms with Crippen molar-refractivity contribution in [2.45, 2.75) is 27.3 Å². The molecule has 0 aliphatic heterocycles. The molecule has 2 aromatic rings. The molecule has 2 heteroatoms. The molecule has 1 aromatic carbocycles. The number of benzene rings is 1. The highest BCUT2D eigenvalue weighted by atomic mass is 32.1. The topological polar surface area (TPSA) is 12.0 Å². The fraction of sp³-hybridized carbons (Fsp3) is 0.294. The molecule has 0 aliphatic rings.